The van der Waals surface area contributed by atoms with Gasteiger partial charge in [-0.15, -0.1) is 11.8 Å². The second-order valence-electron chi connectivity index (χ2n) is 7.70. The molecule has 0 saturated heterocycles. The largest absolute Gasteiger partial charge is 0.354 e. The lowest BCUT2D eigenvalue weighted by Crippen LogP contribution is -2.48. The minimum Gasteiger partial charge on any atom is -0.354 e. The maximum atomic E-state index is 13.1. The van der Waals surface area contributed by atoms with Crippen molar-refractivity contribution in [2.45, 2.75) is 39.1 Å². The van der Waals surface area contributed by atoms with Crippen LogP contribution in [0.25, 0.3) is 0 Å². The Labute approximate surface area is 207 Å². The molecule has 2 aromatic rings. The molecular formula is C23H27BrCl2N2O2S. The second-order valence-corrected chi connectivity index (χ2v) is 10.4. The summed E-state index contributed by atoms with van der Waals surface area (Å²) in [5.74, 6) is 1.00. The average Bonchev–Trinajstić information content (AvgIpc) is 2.73. The maximum Gasteiger partial charge on any atom is 0.242 e. The molecule has 31 heavy (non-hydrogen) atoms. The Morgan fingerprint density at radius 3 is 2.29 bits per heavy atom. The van der Waals surface area contributed by atoms with Crippen LogP contribution in [0.5, 0.6) is 0 Å². The lowest BCUT2D eigenvalue weighted by molar-refractivity contribution is -0.138. The molecule has 0 fully saturated rings. The standard InChI is InChI=1S/C23H27BrCl2N2O2S/c1-15(2)11-27-23(30)16(3)28(12-17-4-7-19(24)8-5-17)22(29)14-31-13-18-6-9-20(25)21(26)10-18/h4-10,15-16H,11-14H2,1-3H3,(H,27,30). The highest BCUT2D eigenvalue weighted by atomic mass is 79.9. The molecule has 2 aromatic carbocycles. The van der Waals surface area contributed by atoms with Crippen LogP contribution in [0.15, 0.2) is 46.9 Å². The van der Waals surface area contributed by atoms with Crippen LogP contribution in [0, 0.1) is 5.92 Å². The van der Waals surface area contributed by atoms with E-state index < -0.39 is 6.04 Å². The Kier molecular flexibility index (Phi) is 10.7. The Hall–Kier alpha value is -1.21. The highest BCUT2D eigenvalue weighted by Gasteiger charge is 2.26. The van der Waals surface area contributed by atoms with Crippen molar-refractivity contribution in [2.75, 3.05) is 12.3 Å². The molecule has 8 heteroatoms. The van der Waals surface area contributed by atoms with Gasteiger partial charge in [0.05, 0.1) is 15.8 Å². The van der Waals surface area contributed by atoms with Gasteiger partial charge in [-0.25, -0.2) is 0 Å². The van der Waals surface area contributed by atoms with Crippen molar-refractivity contribution in [1.29, 1.82) is 0 Å². The third-order valence-corrected chi connectivity index (χ3v) is 6.85. The SMILES string of the molecule is CC(C)CNC(=O)C(C)N(Cc1ccc(Br)cc1)C(=O)CSCc1ccc(Cl)c(Cl)c1. The minimum absolute atomic E-state index is 0.0832. The van der Waals surface area contributed by atoms with Crippen molar-refractivity contribution in [3.05, 3.63) is 68.1 Å². The molecule has 1 atom stereocenters. The van der Waals surface area contributed by atoms with Crippen molar-refractivity contribution in [2.24, 2.45) is 5.92 Å². The summed E-state index contributed by atoms with van der Waals surface area (Å²) in [5.41, 5.74) is 1.96. The molecular weight excluding hydrogens is 519 g/mol. The van der Waals surface area contributed by atoms with Gasteiger partial charge in [0.15, 0.2) is 0 Å². The predicted octanol–water partition coefficient (Wildman–Crippen LogP) is 6.18. The highest BCUT2D eigenvalue weighted by molar-refractivity contribution is 9.10. The lowest BCUT2D eigenvalue weighted by Gasteiger charge is -2.29. The van der Waals surface area contributed by atoms with E-state index in [0.29, 0.717) is 34.8 Å². The number of carbonyl (C=O) groups is 2. The number of nitrogens with one attached hydrogen (secondary N) is 1. The smallest absolute Gasteiger partial charge is 0.242 e. The molecule has 0 heterocycles. The predicted molar refractivity (Wildman–Crippen MR) is 135 cm³/mol. The zero-order valence-electron chi connectivity index (χ0n) is 17.8. The molecule has 0 aliphatic heterocycles. The van der Waals surface area contributed by atoms with Crippen molar-refractivity contribution in [3.63, 3.8) is 0 Å². The van der Waals surface area contributed by atoms with Gasteiger partial charge in [-0.1, -0.05) is 71.2 Å². The molecule has 168 valence electrons. The van der Waals surface area contributed by atoms with Crippen molar-refractivity contribution >= 4 is 62.7 Å². The van der Waals surface area contributed by atoms with Gasteiger partial charge in [-0.3, -0.25) is 9.59 Å². The summed E-state index contributed by atoms with van der Waals surface area (Å²) in [7, 11) is 0. The Bertz CT molecular complexity index is 894. The highest BCUT2D eigenvalue weighted by Crippen LogP contribution is 2.25. The first-order valence-electron chi connectivity index (χ1n) is 10.0. The van der Waals surface area contributed by atoms with Gasteiger partial charge < -0.3 is 10.2 Å². The van der Waals surface area contributed by atoms with Crippen LogP contribution in [0.1, 0.15) is 31.9 Å². The molecule has 2 rings (SSSR count). The van der Waals surface area contributed by atoms with Gasteiger partial charge in [0.1, 0.15) is 6.04 Å². The van der Waals surface area contributed by atoms with E-state index in [1.165, 1.54) is 11.8 Å². The van der Waals surface area contributed by atoms with Crippen LogP contribution in [0.4, 0.5) is 0 Å². The van der Waals surface area contributed by atoms with Crippen LogP contribution in [-0.2, 0) is 21.9 Å². The normalized spacial score (nSPS) is 12.0. The lowest BCUT2D eigenvalue weighted by atomic mass is 10.1. The number of carbonyl (C=O) groups excluding carboxylic acids is 2. The first-order chi connectivity index (χ1) is 14.7. The first-order valence-corrected chi connectivity index (χ1v) is 12.7. The zero-order chi connectivity index (χ0) is 23.0. The van der Waals surface area contributed by atoms with Gasteiger partial charge in [-0.2, -0.15) is 0 Å². The van der Waals surface area contributed by atoms with Crippen molar-refractivity contribution in [3.8, 4) is 0 Å². The van der Waals surface area contributed by atoms with Crippen LogP contribution in [0.3, 0.4) is 0 Å². The Morgan fingerprint density at radius 2 is 1.68 bits per heavy atom. The molecule has 0 spiro atoms. The number of halogens is 3. The molecule has 0 bridgehead atoms. The first kappa shape index (κ1) is 26.0. The summed E-state index contributed by atoms with van der Waals surface area (Å²) in [6.45, 7) is 6.80. The van der Waals surface area contributed by atoms with E-state index in [9.17, 15) is 9.59 Å². The van der Waals surface area contributed by atoms with Crippen LogP contribution in [-0.4, -0.2) is 35.1 Å². The van der Waals surface area contributed by atoms with E-state index in [1.807, 2.05) is 50.2 Å². The molecule has 2 amide bonds. The average molecular weight is 546 g/mol. The summed E-state index contributed by atoms with van der Waals surface area (Å²) >= 11 is 16.9. The number of hydrogen-bond donors (Lipinski definition) is 1. The molecule has 1 unspecified atom stereocenters. The van der Waals surface area contributed by atoms with Gasteiger partial charge in [-0.05, 0) is 48.2 Å². The quantitative estimate of drug-likeness (QED) is 0.388. The van der Waals surface area contributed by atoms with E-state index in [2.05, 4.69) is 21.2 Å². The molecule has 1 N–H and O–H groups in total. The van der Waals surface area contributed by atoms with E-state index >= 15 is 0 Å². The van der Waals surface area contributed by atoms with Crippen LogP contribution >= 0.6 is 50.9 Å². The van der Waals surface area contributed by atoms with Gasteiger partial charge in [0.2, 0.25) is 11.8 Å². The van der Waals surface area contributed by atoms with E-state index in [0.717, 1.165) is 15.6 Å². The number of amides is 2. The molecule has 0 saturated carbocycles. The third-order valence-electron chi connectivity index (χ3n) is 4.60. The number of rotatable bonds is 10. The number of benzene rings is 2. The molecule has 0 aliphatic rings. The third kappa shape index (κ3) is 8.68. The summed E-state index contributed by atoms with van der Waals surface area (Å²) in [6, 6.07) is 12.7. The van der Waals surface area contributed by atoms with Gasteiger partial charge in [0.25, 0.3) is 0 Å². The van der Waals surface area contributed by atoms with Crippen molar-refractivity contribution < 1.29 is 9.59 Å². The topological polar surface area (TPSA) is 49.4 Å². The summed E-state index contributed by atoms with van der Waals surface area (Å²) in [5, 5.41) is 3.94. The zero-order valence-corrected chi connectivity index (χ0v) is 21.7. The Balaban J connectivity index is 2.05. The molecule has 4 nitrogen and oxygen atoms in total. The van der Waals surface area contributed by atoms with E-state index in [-0.39, 0.29) is 17.6 Å². The molecule has 0 aliphatic carbocycles. The number of thioether (sulfide) groups is 1. The summed E-state index contributed by atoms with van der Waals surface area (Å²) in [6.07, 6.45) is 0. The van der Waals surface area contributed by atoms with Gasteiger partial charge >= 0.3 is 0 Å². The monoisotopic (exact) mass is 544 g/mol. The van der Waals surface area contributed by atoms with Crippen LogP contribution < -0.4 is 5.32 Å². The fraction of sp³-hybridized carbons (Fsp3) is 0.391. The minimum atomic E-state index is -0.569. The maximum absolute atomic E-state index is 13.1. The fourth-order valence-corrected chi connectivity index (χ4v) is 4.23. The summed E-state index contributed by atoms with van der Waals surface area (Å²) in [4.78, 5) is 27.4. The second kappa shape index (κ2) is 12.7. The van der Waals surface area contributed by atoms with E-state index in [1.54, 1.807) is 17.9 Å². The van der Waals surface area contributed by atoms with Crippen LogP contribution in [0.2, 0.25) is 10.0 Å². The number of nitrogens with zero attached hydrogens (tertiary/aromatic N) is 1. The van der Waals surface area contributed by atoms with E-state index in [4.69, 9.17) is 23.2 Å². The number of hydrogen-bond acceptors (Lipinski definition) is 3. The summed E-state index contributed by atoms with van der Waals surface area (Å²) < 4.78 is 0.967. The molecule has 0 radical (unpaired) electrons. The Morgan fingerprint density at radius 1 is 1.03 bits per heavy atom. The molecule has 0 aromatic heterocycles. The van der Waals surface area contributed by atoms with Gasteiger partial charge in [0, 0.05) is 23.3 Å². The van der Waals surface area contributed by atoms with Crippen molar-refractivity contribution in [1.82, 2.24) is 10.2 Å². The fourth-order valence-electron chi connectivity index (χ4n) is 2.79.